The van der Waals surface area contributed by atoms with E-state index in [-0.39, 0.29) is 11.6 Å². The normalized spacial score (nSPS) is 11.0. The zero-order chi connectivity index (χ0) is 20.4. The number of anilines is 1. The topological polar surface area (TPSA) is 90.4 Å². The number of fused-ring (bicyclic) bond motifs is 1. The van der Waals surface area contributed by atoms with Crippen LogP contribution < -0.4 is 10.1 Å². The maximum atomic E-state index is 12.8. The summed E-state index contributed by atoms with van der Waals surface area (Å²) in [4.78, 5) is 12.8. The zero-order valence-corrected chi connectivity index (χ0v) is 16.5. The van der Waals surface area contributed by atoms with Gasteiger partial charge < -0.3 is 9.15 Å². The Morgan fingerprint density at radius 2 is 1.90 bits per heavy atom. The van der Waals surface area contributed by atoms with E-state index in [0.29, 0.717) is 17.9 Å². The lowest BCUT2D eigenvalue weighted by atomic mass is 10.1. The molecule has 0 spiro atoms. The first kappa shape index (κ1) is 18.7. The average Bonchev–Trinajstić information content (AvgIpc) is 3.31. The lowest BCUT2D eigenvalue weighted by Crippen LogP contribution is -2.13. The van der Waals surface area contributed by atoms with Gasteiger partial charge in [0.25, 0.3) is 5.91 Å². The van der Waals surface area contributed by atoms with Crippen LogP contribution >= 0.6 is 0 Å². The second kappa shape index (κ2) is 7.79. The van der Waals surface area contributed by atoms with E-state index in [1.807, 2.05) is 56.3 Å². The van der Waals surface area contributed by atoms with E-state index in [9.17, 15) is 4.79 Å². The lowest BCUT2D eigenvalue weighted by molar-refractivity contribution is 0.0997. The smallest absolute Gasteiger partial charge is 0.292 e. The lowest BCUT2D eigenvalue weighted by Gasteiger charge is -2.05. The maximum absolute atomic E-state index is 12.8. The maximum Gasteiger partial charge on any atom is 0.292 e. The molecule has 0 unspecified atom stereocenters. The van der Waals surface area contributed by atoms with Crippen LogP contribution in [-0.2, 0) is 0 Å². The van der Waals surface area contributed by atoms with Crippen LogP contribution in [0.15, 0.2) is 51.5 Å². The third kappa shape index (κ3) is 3.71. The van der Waals surface area contributed by atoms with Crippen LogP contribution in [0.25, 0.3) is 22.2 Å². The molecule has 4 rings (SSSR count). The van der Waals surface area contributed by atoms with Crippen LogP contribution in [0.5, 0.6) is 5.75 Å². The molecular weight excluding hydrogens is 370 g/mol. The number of nitrogens with zero attached hydrogens (tertiary/aromatic N) is 2. The molecule has 7 nitrogen and oxygen atoms in total. The van der Waals surface area contributed by atoms with E-state index in [1.165, 1.54) is 0 Å². The van der Waals surface area contributed by atoms with Gasteiger partial charge in [0.05, 0.1) is 6.61 Å². The monoisotopic (exact) mass is 391 g/mol. The number of hydrogen-bond acceptors (Lipinski definition) is 6. The van der Waals surface area contributed by atoms with Gasteiger partial charge in [-0.05, 0) is 66.5 Å². The fraction of sp³-hybridized carbons (Fsp3) is 0.227. The first-order chi connectivity index (χ1) is 14.1. The largest absolute Gasteiger partial charge is 0.494 e. The van der Waals surface area contributed by atoms with Crippen LogP contribution in [0.4, 0.5) is 5.82 Å². The second-order valence-electron chi connectivity index (χ2n) is 6.84. The summed E-state index contributed by atoms with van der Waals surface area (Å²) in [7, 11) is 0. The highest BCUT2D eigenvalue weighted by molar-refractivity contribution is 6.07. The van der Waals surface area contributed by atoms with Crippen molar-refractivity contribution in [1.29, 1.82) is 0 Å². The summed E-state index contributed by atoms with van der Waals surface area (Å²) in [5, 5.41) is 11.4. The van der Waals surface area contributed by atoms with Crippen LogP contribution in [0.1, 0.15) is 35.0 Å². The van der Waals surface area contributed by atoms with Crippen LogP contribution in [-0.4, -0.2) is 22.8 Å². The summed E-state index contributed by atoms with van der Waals surface area (Å²) in [6, 6.07) is 13.2. The summed E-state index contributed by atoms with van der Waals surface area (Å²) in [6.45, 7) is 6.54. The number of rotatable bonds is 6. The molecule has 0 aliphatic rings. The van der Waals surface area contributed by atoms with Gasteiger partial charge in [0.1, 0.15) is 11.3 Å². The molecule has 2 aromatic heterocycles. The molecule has 1 N–H and O–H groups in total. The van der Waals surface area contributed by atoms with Gasteiger partial charge in [0, 0.05) is 16.5 Å². The molecule has 0 aliphatic heterocycles. The fourth-order valence-corrected chi connectivity index (χ4v) is 3.10. The van der Waals surface area contributed by atoms with Gasteiger partial charge in [0.2, 0.25) is 5.82 Å². The van der Waals surface area contributed by atoms with Gasteiger partial charge in [-0.2, -0.15) is 0 Å². The molecule has 0 radical (unpaired) electrons. The number of nitrogens with one attached hydrogen (secondary N) is 1. The Kier molecular flexibility index (Phi) is 5.03. The predicted octanol–water partition coefficient (Wildman–Crippen LogP) is 5.14. The molecule has 2 aromatic carbocycles. The summed E-state index contributed by atoms with van der Waals surface area (Å²) in [5.41, 5.74) is 3.70. The molecule has 0 aliphatic carbocycles. The minimum Gasteiger partial charge on any atom is -0.494 e. The average molecular weight is 391 g/mol. The van der Waals surface area contributed by atoms with Crippen molar-refractivity contribution in [2.24, 2.45) is 0 Å². The molecule has 0 fully saturated rings. The SMILES string of the molecule is CCCOc1ccc(-c2nonc2NC(=O)c2oc3cc(C)ccc3c2C)cc1. The van der Waals surface area contributed by atoms with Crippen molar-refractivity contribution in [1.82, 2.24) is 10.3 Å². The quantitative estimate of drug-likeness (QED) is 0.489. The Balaban J connectivity index is 1.58. The van der Waals surface area contributed by atoms with Gasteiger partial charge in [-0.1, -0.05) is 19.1 Å². The van der Waals surface area contributed by atoms with Gasteiger partial charge in [-0.3, -0.25) is 10.1 Å². The molecule has 0 saturated carbocycles. The highest BCUT2D eigenvalue weighted by atomic mass is 16.6. The molecular formula is C22H21N3O4. The number of ether oxygens (including phenoxy) is 1. The molecule has 148 valence electrons. The zero-order valence-electron chi connectivity index (χ0n) is 16.5. The Bertz CT molecular complexity index is 1160. The van der Waals surface area contributed by atoms with Crippen LogP contribution in [0.3, 0.4) is 0 Å². The van der Waals surface area contributed by atoms with Crippen LogP contribution in [0, 0.1) is 13.8 Å². The number of aryl methyl sites for hydroxylation is 2. The number of benzene rings is 2. The number of hydrogen-bond donors (Lipinski definition) is 1. The third-order valence-electron chi connectivity index (χ3n) is 4.62. The number of aromatic nitrogens is 2. The van der Waals surface area contributed by atoms with Gasteiger partial charge in [-0.15, -0.1) is 0 Å². The van der Waals surface area contributed by atoms with Crippen molar-refractivity contribution in [3.8, 4) is 17.0 Å². The van der Waals surface area contributed by atoms with Crippen molar-refractivity contribution in [3.63, 3.8) is 0 Å². The highest BCUT2D eigenvalue weighted by Crippen LogP contribution is 2.29. The predicted molar refractivity (Wildman–Crippen MR) is 109 cm³/mol. The number of amides is 1. The van der Waals surface area contributed by atoms with Crippen molar-refractivity contribution in [2.45, 2.75) is 27.2 Å². The molecule has 1 amide bonds. The molecule has 4 aromatic rings. The van der Waals surface area contributed by atoms with Crippen molar-refractivity contribution >= 4 is 22.7 Å². The van der Waals surface area contributed by atoms with Gasteiger partial charge in [0.15, 0.2) is 11.5 Å². The first-order valence-corrected chi connectivity index (χ1v) is 9.43. The molecule has 7 heteroatoms. The Morgan fingerprint density at radius 1 is 1.10 bits per heavy atom. The Hall–Kier alpha value is -3.61. The summed E-state index contributed by atoms with van der Waals surface area (Å²) < 4.78 is 16.2. The van der Waals surface area contributed by atoms with E-state index in [1.54, 1.807) is 0 Å². The summed E-state index contributed by atoms with van der Waals surface area (Å²) >= 11 is 0. The van der Waals surface area contributed by atoms with E-state index in [4.69, 9.17) is 13.8 Å². The van der Waals surface area contributed by atoms with Crippen molar-refractivity contribution < 1.29 is 18.6 Å². The van der Waals surface area contributed by atoms with Crippen LogP contribution in [0.2, 0.25) is 0 Å². The van der Waals surface area contributed by atoms with Gasteiger partial charge in [-0.25, -0.2) is 4.63 Å². The molecule has 0 atom stereocenters. The van der Waals surface area contributed by atoms with E-state index < -0.39 is 5.91 Å². The Morgan fingerprint density at radius 3 is 2.66 bits per heavy atom. The Labute approximate surface area is 167 Å². The second-order valence-corrected chi connectivity index (χ2v) is 6.84. The minimum absolute atomic E-state index is 0.230. The summed E-state index contributed by atoms with van der Waals surface area (Å²) in [5.74, 6) is 0.832. The first-order valence-electron chi connectivity index (χ1n) is 9.43. The fourth-order valence-electron chi connectivity index (χ4n) is 3.10. The van der Waals surface area contributed by atoms with Gasteiger partial charge >= 0.3 is 0 Å². The van der Waals surface area contributed by atoms with Crippen molar-refractivity contribution in [3.05, 3.63) is 59.4 Å². The number of carbonyl (C=O) groups excluding carboxylic acids is 1. The standard InChI is InChI=1S/C22H21N3O4/c1-4-11-27-16-8-6-15(7-9-16)19-21(25-29-24-19)23-22(26)20-14(3)17-10-5-13(2)12-18(17)28-20/h5-10,12H,4,11H2,1-3H3,(H,23,25,26). The minimum atomic E-state index is -0.406. The van der Waals surface area contributed by atoms with E-state index >= 15 is 0 Å². The number of carbonyl (C=O) groups is 1. The molecule has 29 heavy (non-hydrogen) atoms. The van der Waals surface area contributed by atoms with E-state index in [2.05, 4.69) is 22.6 Å². The highest BCUT2D eigenvalue weighted by Gasteiger charge is 2.21. The molecule has 0 saturated heterocycles. The molecule has 2 heterocycles. The van der Waals surface area contributed by atoms with Crippen molar-refractivity contribution in [2.75, 3.05) is 11.9 Å². The van der Waals surface area contributed by atoms with E-state index in [0.717, 1.165) is 34.2 Å². The number of furan rings is 1. The molecule has 0 bridgehead atoms. The summed E-state index contributed by atoms with van der Waals surface area (Å²) in [6.07, 6.45) is 0.936. The third-order valence-corrected chi connectivity index (χ3v) is 4.62.